The number of nitrogens with zero attached hydrogens (tertiary/aromatic N) is 2. The maximum absolute atomic E-state index is 13.4. The van der Waals surface area contributed by atoms with Crippen LogP contribution in [0.1, 0.15) is 11.1 Å². The highest BCUT2D eigenvalue weighted by atomic mass is 16.5. The summed E-state index contributed by atoms with van der Waals surface area (Å²) in [6.07, 6.45) is 1.50. The fourth-order valence-corrected chi connectivity index (χ4v) is 3.98. The lowest BCUT2D eigenvalue weighted by molar-refractivity contribution is 0.284. The number of rotatable bonds is 9. The van der Waals surface area contributed by atoms with Crippen LogP contribution >= 0.6 is 0 Å². The zero-order chi connectivity index (χ0) is 25.6. The number of benzene rings is 4. The Bertz CT molecular complexity index is 1570. The molecule has 0 saturated heterocycles. The first-order valence-corrected chi connectivity index (χ1v) is 11.8. The average molecular weight is 495 g/mol. The fourth-order valence-electron chi connectivity index (χ4n) is 3.98. The van der Waals surface area contributed by atoms with Gasteiger partial charge >= 0.3 is 0 Å². The van der Waals surface area contributed by atoms with Gasteiger partial charge in [-0.25, -0.2) is 4.98 Å². The standard InChI is InChI=1S/C30H26N2O5/c1-34-27-15-23(13-14-26(27)36-18-21-9-5-3-6-10-21)32-20-31-25-17-29(28(35-2)16-24(25)30(32)33)37-19-22-11-7-4-8-12-22/h3-17,20H,18-19H2,1-2H3. The molecule has 1 heterocycles. The number of aromatic nitrogens is 2. The summed E-state index contributed by atoms with van der Waals surface area (Å²) in [6, 6.07) is 28.4. The maximum atomic E-state index is 13.4. The Kier molecular flexibility index (Phi) is 7.03. The van der Waals surface area contributed by atoms with Crippen LogP contribution in [0.3, 0.4) is 0 Å². The predicted molar refractivity (Wildman–Crippen MR) is 142 cm³/mol. The Morgan fingerprint density at radius 3 is 1.89 bits per heavy atom. The minimum absolute atomic E-state index is 0.238. The number of hydrogen-bond acceptors (Lipinski definition) is 6. The second-order valence-corrected chi connectivity index (χ2v) is 8.32. The predicted octanol–water partition coefficient (Wildman–Crippen LogP) is 5.56. The summed E-state index contributed by atoms with van der Waals surface area (Å²) >= 11 is 0. The van der Waals surface area contributed by atoms with Crippen molar-refractivity contribution in [2.45, 2.75) is 13.2 Å². The van der Waals surface area contributed by atoms with Gasteiger partial charge in [0.25, 0.3) is 5.56 Å². The van der Waals surface area contributed by atoms with Crippen molar-refractivity contribution in [2.75, 3.05) is 14.2 Å². The largest absolute Gasteiger partial charge is 0.493 e. The second-order valence-electron chi connectivity index (χ2n) is 8.32. The number of ether oxygens (including phenoxy) is 4. The van der Waals surface area contributed by atoms with E-state index >= 15 is 0 Å². The Morgan fingerprint density at radius 1 is 0.676 bits per heavy atom. The summed E-state index contributed by atoms with van der Waals surface area (Å²) in [5.41, 5.74) is 2.95. The molecule has 0 spiro atoms. The molecule has 0 N–H and O–H groups in total. The van der Waals surface area contributed by atoms with Gasteiger partial charge in [-0.2, -0.15) is 0 Å². The summed E-state index contributed by atoms with van der Waals surface area (Å²) in [4.78, 5) is 18.0. The summed E-state index contributed by atoms with van der Waals surface area (Å²) in [5.74, 6) is 2.08. The first kappa shape index (κ1) is 23.9. The first-order chi connectivity index (χ1) is 18.2. The quantitative estimate of drug-likeness (QED) is 0.267. The maximum Gasteiger partial charge on any atom is 0.265 e. The molecular weight excluding hydrogens is 468 g/mol. The molecule has 1 aromatic heterocycles. The van der Waals surface area contributed by atoms with E-state index in [1.807, 2.05) is 60.7 Å². The summed E-state index contributed by atoms with van der Waals surface area (Å²) in [7, 11) is 3.11. The second kappa shape index (κ2) is 10.9. The van der Waals surface area contributed by atoms with Crippen molar-refractivity contribution in [2.24, 2.45) is 0 Å². The van der Waals surface area contributed by atoms with Crippen LogP contribution in [-0.4, -0.2) is 23.8 Å². The van der Waals surface area contributed by atoms with Crippen molar-refractivity contribution in [1.82, 2.24) is 9.55 Å². The smallest absolute Gasteiger partial charge is 0.265 e. The van der Waals surface area contributed by atoms with Crippen LogP contribution in [-0.2, 0) is 13.2 Å². The topological polar surface area (TPSA) is 71.8 Å². The van der Waals surface area contributed by atoms with Gasteiger partial charge in [0, 0.05) is 12.1 Å². The molecule has 0 bridgehead atoms. The van der Waals surface area contributed by atoms with E-state index in [0.717, 1.165) is 11.1 Å². The summed E-state index contributed by atoms with van der Waals surface area (Å²) < 4.78 is 24.4. The zero-order valence-corrected chi connectivity index (χ0v) is 20.6. The van der Waals surface area contributed by atoms with E-state index < -0.39 is 0 Å². The van der Waals surface area contributed by atoms with Crippen LogP contribution in [0, 0.1) is 0 Å². The average Bonchev–Trinajstić information content (AvgIpc) is 2.96. The molecule has 0 atom stereocenters. The lowest BCUT2D eigenvalue weighted by Crippen LogP contribution is -2.19. The van der Waals surface area contributed by atoms with Crippen LogP contribution in [0.4, 0.5) is 0 Å². The third-order valence-electron chi connectivity index (χ3n) is 5.94. The van der Waals surface area contributed by atoms with E-state index in [0.29, 0.717) is 52.8 Å². The van der Waals surface area contributed by atoms with E-state index in [-0.39, 0.29) is 5.56 Å². The Balaban J connectivity index is 1.43. The lowest BCUT2D eigenvalue weighted by Gasteiger charge is -2.14. The zero-order valence-electron chi connectivity index (χ0n) is 20.6. The molecule has 0 fully saturated rings. The van der Waals surface area contributed by atoms with Gasteiger partial charge in [0.2, 0.25) is 0 Å². The van der Waals surface area contributed by atoms with Crippen molar-refractivity contribution in [3.8, 4) is 28.7 Å². The Labute approximate surface area is 214 Å². The number of fused-ring (bicyclic) bond motifs is 1. The molecule has 0 aliphatic heterocycles. The molecule has 0 saturated carbocycles. The van der Waals surface area contributed by atoms with Gasteiger partial charge in [0.05, 0.1) is 30.8 Å². The van der Waals surface area contributed by atoms with Crippen molar-refractivity contribution in [1.29, 1.82) is 0 Å². The van der Waals surface area contributed by atoms with Gasteiger partial charge in [-0.1, -0.05) is 60.7 Å². The molecule has 5 aromatic rings. The molecule has 0 radical (unpaired) electrons. The summed E-state index contributed by atoms with van der Waals surface area (Å²) in [5, 5.41) is 0.412. The molecule has 0 aliphatic carbocycles. The van der Waals surface area contributed by atoms with Crippen molar-refractivity contribution in [3.05, 3.63) is 119 Å². The summed E-state index contributed by atoms with van der Waals surface area (Å²) in [6.45, 7) is 0.779. The molecule has 4 aromatic carbocycles. The van der Waals surface area contributed by atoms with E-state index in [1.54, 1.807) is 44.6 Å². The van der Waals surface area contributed by atoms with Gasteiger partial charge in [-0.15, -0.1) is 0 Å². The van der Waals surface area contributed by atoms with Crippen molar-refractivity contribution in [3.63, 3.8) is 0 Å². The van der Waals surface area contributed by atoms with Gasteiger partial charge in [0.15, 0.2) is 23.0 Å². The molecule has 0 unspecified atom stereocenters. The van der Waals surface area contributed by atoms with E-state index in [1.165, 1.54) is 10.9 Å². The Morgan fingerprint density at radius 2 is 1.27 bits per heavy atom. The van der Waals surface area contributed by atoms with Crippen LogP contribution in [0.5, 0.6) is 23.0 Å². The van der Waals surface area contributed by atoms with Crippen LogP contribution in [0.2, 0.25) is 0 Å². The highest BCUT2D eigenvalue weighted by Gasteiger charge is 2.14. The van der Waals surface area contributed by atoms with E-state index in [2.05, 4.69) is 4.98 Å². The van der Waals surface area contributed by atoms with Gasteiger partial charge in [-0.05, 0) is 29.3 Å². The van der Waals surface area contributed by atoms with Crippen LogP contribution in [0.25, 0.3) is 16.6 Å². The molecule has 5 rings (SSSR count). The van der Waals surface area contributed by atoms with Crippen molar-refractivity contribution < 1.29 is 18.9 Å². The monoisotopic (exact) mass is 494 g/mol. The number of methoxy groups -OCH3 is 2. The van der Waals surface area contributed by atoms with Gasteiger partial charge in [-0.3, -0.25) is 9.36 Å². The number of hydrogen-bond donors (Lipinski definition) is 0. The lowest BCUT2D eigenvalue weighted by atomic mass is 10.2. The van der Waals surface area contributed by atoms with Crippen LogP contribution < -0.4 is 24.5 Å². The third kappa shape index (κ3) is 5.26. The highest BCUT2D eigenvalue weighted by Crippen LogP contribution is 2.32. The SMILES string of the molecule is COc1cc(-n2cnc3cc(OCc4ccccc4)c(OC)cc3c2=O)ccc1OCc1ccccc1. The minimum Gasteiger partial charge on any atom is -0.493 e. The minimum atomic E-state index is -0.238. The molecule has 7 nitrogen and oxygen atoms in total. The molecule has 37 heavy (non-hydrogen) atoms. The van der Waals surface area contributed by atoms with Crippen molar-refractivity contribution >= 4 is 10.9 Å². The first-order valence-electron chi connectivity index (χ1n) is 11.8. The third-order valence-corrected chi connectivity index (χ3v) is 5.94. The molecule has 186 valence electrons. The Hall–Kier alpha value is -4.78. The van der Waals surface area contributed by atoms with E-state index in [4.69, 9.17) is 18.9 Å². The van der Waals surface area contributed by atoms with Crippen LogP contribution in [0.15, 0.2) is 102 Å². The van der Waals surface area contributed by atoms with Gasteiger partial charge < -0.3 is 18.9 Å². The molecular formula is C30H26N2O5. The van der Waals surface area contributed by atoms with E-state index in [9.17, 15) is 4.79 Å². The molecule has 0 aliphatic rings. The fraction of sp³-hybridized carbons (Fsp3) is 0.133. The molecule has 7 heteroatoms. The molecule has 0 amide bonds. The highest BCUT2D eigenvalue weighted by molar-refractivity contribution is 5.82. The van der Waals surface area contributed by atoms with Gasteiger partial charge in [0.1, 0.15) is 19.5 Å². The normalized spacial score (nSPS) is 10.8.